The van der Waals surface area contributed by atoms with Crippen LogP contribution in [0.25, 0.3) is 0 Å². The van der Waals surface area contributed by atoms with E-state index in [2.05, 4.69) is 0 Å². The lowest BCUT2D eigenvalue weighted by Gasteiger charge is -2.23. The predicted molar refractivity (Wildman–Crippen MR) is 63.5 cm³/mol. The van der Waals surface area contributed by atoms with Gasteiger partial charge in [-0.3, -0.25) is 0 Å². The lowest BCUT2D eigenvalue weighted by atomic mass is 10.1. The zero-order chi connectivity index (χ0) is 11.4. The topological polar surface area (TPSA) is 44.5 Å². The van der Waals surface area contributed by atoms with Gasteiger partial charge in [0.15, 0.2) is 0 Å². The molecule has 0 aliphatic carbocycles. The first-order valence-electron chi connectivity index (χ1n) is 5.85. The highest BCUT2D eigenvalue weighted by Crippen LogP contribution is 2.19. The van der Waals surface area contributed by atoms with Crippen molar-refractivity contribution in [2.45, 2.75) is 31.9 Å². The number of hydrogen-bond acceptors (Lipinski definition) is 3. The van der Waals surface area contributed by atoms with Gasteiger partial charge >= 0.3 is 0 Å². The van der Waals surface area contributed by atoms with Crippen molar-refractivity contribution in [3.63, 3.8) is 0 Å². The molecule has 1 heterocycles. The van der Waals surface area contributed by atoms with Crippen molar-refractivity contribution in [1.82, 2.24) is 0 Å². The van der Waals surface area contributed by atoms with E-state index >= 15 is 0 Å². The molecule has 0 radical (unpaired) electrons. The molecule has 2 atom stereocenters. The fourth-order valence-corrected chi connectivity index (χ4v) is 1.85. The third-order valence-corrected chi connectivity index (χ3v) is 2.83. The molecule has 1 aliphatic heterocycles. The average Bonchev–Trinajstić information content (AvgIpc) is 2.31. The summed E-state index contributed by atoms with van der Waals surface area (Å²) >= 11 is 0. The van der Waals surface area contributed by atoms with Crippen LogP contribution in [0.15, 0.2) is 24.3 Å². The first-order valence-corrected chi connectivity index (χ1v) is 5.85. The van der Waals surface area contributed by atoms with Gasteiger partial charge in [-0.05, 0) is 37.5 Å². The predicted octanol–water partition coefficient (Wildman–Crippen LogP) is 2.26. The maximum atomic E-state index is 5.82. The van der Waals surface area contributed by atoms with E-state index in [-0.39, 0.29) is 12.1 Å². The van der Waals surface area contributed by atoms with Gasteiger partial charge in [0, 0.05) is 12.6 Å². The molecule has 0 bridgehead atoms. The molecule has 0 aromatic heterocycles. The Bertz CT molecular complexity index is 315. The highest BCUT2D eigenvalue weighted by molar-refractivity contribution is 5.28. The number of benzene rings is 1. The summed E-state index contributed by atoms with van der Waals surface area (Å²) in [5, 5.41) is 0. The molecule has 1 aromatic rings. The van der Waals surface area contributed by atoms with Crippen molar-refractivity contribution in [3.05, 3.63) is 29.8 Å². The zero-order valence-corrected chi connectivity index (χ0v) is 9.69. The molecule has 1 fully saturated rings. The molecule has 0 saturated carbocycles. The third-order valence-electron chi connectivity index (χ3n) is 2.83. The van der Waals surface area contributed by atoms with Gasteiger partial charge < -0.3 is 15.2 Å². The largest absolute Gasteiger partial charge is 0.488 e. The Labute approximate surface area is 96.5 Å². The summed E-state index contributed by atoms with van der Waals surface area (Å²) in [6.07, 6.45) is 2.37. The summed E-state index contributed by atoms with van der Waals surface area (Å²) in [6.45, 7) is 3.55. The minimum absolute atomic E-state index is 0.0760. The molecule has 2 N–H and O–H groups in total. The van der Waals surface area contributed by atoms with Gasteiger partial charge in [-0.1, -0.05) is 12.1 Å². The van der Waals surface area contributed by atoms with Crippen LogP contribution in [0.4, 0.5) is 0 Å². The van der Waals surface area contributed by atoms with Crippen molar-refractivity contribution in [2.75, 3.05) is 13.2 Å². The maximum Gasteiger partial charge on any atom is 0.122 e. The first-order chi connectivity index (χ1) is 7.75. The Morgan fingerprint density at radius 3 is 2.69 bits per heavy atom. The van der Waals surface area contributed by atoms with Crippen LogP contribution in [0.5, 0.6) is 5.75 Å². The fourth-order valence-electron chi connectivity index (χ4n) is 1.85. The molecule has 0 amide bonds. The Hall–Kier alpha value is -1.06. The molecule has 88 valence electrons. The lowest BCUT2D eigenvalue weighted by molar-refractivity contribution is 0.00742. The first kappa shape index (κ1) is 11.4. The van der Waals surface area contributed by atoms with Crippen LogP contribution in [0.2, 0.25) is 0 Å². The average molecular weight is 221 g/mol. The molecule has 2 rings (SSSR count). The van der Waals surface area contributed by atoms with Crippen LogP contribution in [-0.4, -0.2) is 19.3 Å². The Morgan fingerprint density at radius 2 is 2.12 bits per heavy atom. The quantitative estimate of drug-likeness (QED) is 0.851. The third kappa shape index (κ3) is 2.97. The van der Waals surface area contributed by atoms with Gasteiger partial charge in [0.1, 0.15) is 11.9 Å². The molecule has 1 aliphatic rings. The molecular formula is C13H19NO2. The van der Waals surface area contributed by atoms with Crippen LogP contribution >= 0.6 is 0 Å². The minimum Gasteiger partial charge on any atom is -0.488 e. The summed E-state index contributed by atoms with van der Waals surface area (Å²) < 4.78 is 11.2. The molecule has 0 spiro atoms. The van der Waals surface area contributed by atoms with Gasteiger partial charge in [0.05, 0.1) is 6.61 Å². The van der Waals surface area contributed by atoms with E-state index in [1.165, 1.54) is 0 Å². The van der Waals surface area contributed by atoms with E-state index in [0.29, 0.717) is 6.61 Å². The highest BCUT2D eigenvalue weighted by Gasteiger charge is 2.15. The summed E-state index contributed by atoms with van der Waals surface area (Å²) in [5.74, 6) is 0.903. The van der Waals surface area contributed by atoms with E-state index in [4.69, 9.17) is 15.2 Å². The van der Waals surface area contributed by atoms with Crippen molar-refractivity contribution in [1.29, 1.82) is 0 Å². The molecule has 16 heavy (non-hydrogen) atoms. The SMILES string of the molecule is C[C@H](N)c1ccc(OC2CCCOC2)cc1. The van der Waals surface area contributed by atoms with E-state index < -0.39 is 0 Å². The minimum atomic E-state index is 0.0760. The van der Waals surface area contributed by atoms with Crippen LogP contribution in [0.1, 0.15) is 31.4 Å². The fraction of sp³-hybridized carbons (Fsp3) is 0.538. The van der Waals surface area contributed by atoms with Crippen LogP contribution < -0.4 is 10.5 Å². The second-order valence-electron chi connectivity index (χ2n) is 4.31. The van der Waals surface area contributed by atoms with Gasteiger partial charge in [-0.15, -0.1) is 0 Å². The van der Waals surface area contributed by atoms with Crippen LogP contribution in [-0.2, 0) is 4.74 Å². The molecular weight excluding hydrogens is 202 g/mol. The van der Waals surface area contributed by atoms with Crippen molar-refractivity contribution in [2.24, 2.45) is 5.73 Å². The highest BCUT2D eigenvalue weighted by atomic mass is 16.5. The molecule has 1 unspecified atom stereocenters. The normalized spacial score (nSPS) is 22.8. The van der Waals surface area contributed by atoms with Crippen molar-refractivity contribution in [3.8, 4) is 5.75 Å². The van der Waals surface area contributed by atoms with E-state index in [1.54, 1.807) is 0 Å². The zero-order valence-electron chi connectivity index (χ0n) is 9.69. The second kappa shape index (κ2) is 5.32. The smallest absolute Gasteiger partial charge is 0.122 e. The maximum absolute atomic E-state index is 5.82. The monoisotopic (exact) mass is 221 g/mol. The summed E-state index contributed by atoms with van der Waals surface area (Å²) in [5.41, 5.74) is 6.92. The van der Waals surface area contributed by atoms with Crippen LogP contribution in [0.3, 0.4) is 0 Å². The number of ether oxygens (including phenoxy) is 2. The lowest BCUT2D eigenvalue weighted by Crippen LogP contribution is -2.27. The van der Waals surface area contributed by atoms with E-state index in [1.807, 2.05) is 31.2 Å². The van der Waals surface area contributed by atoms with Gasteiger partial charge in [-0.2, -0.15) is 0 Å². The molecule has 3 nitrogen and oxygen atoms in total. The Morgan fingerprint density at radius 1 is 1.38 bits per heavy atom. The summed E-state index contributed by atoms with van der Waals surface area (Å²) in [4.78, 5) is 0. The van der Waals surface area contributed by atoms with Crippen LogP contribution in [0, 0.1) is 0 Å². The molecule has 3 heteroatoms. The van der Waals surface area contributed by atoms with E-state index in [0.717, 1.165) is 30.8 Å². The van der Waals surface area contributed by atoms with Gasteiger partial charge in [0.2, 0.25) is 0 Å². The van der Waals surface area contributed by atoms with Gasteiger partial charge in [0.25, 0.3) is 0 Å². The standard InChI is InChI=1S/C13H19NO2/c1-10(14)11-4-6-12(7-5-11)16-13-3-2-8-15-9-13/h4-7,10,13H,2-3,8-9,14H2,1H3/t10-,13?/m0/s1. The molecule has 1 aromatic carbocycles. The number of hydrogen-bond donors (Lipinski definition) is 1. The summed E-state index contributed by atoms with van der Waals surface area (Å²) in [6, 6.07) is 8.07. The summed E-state index contributed by atoms with van der Waals surface area (Å²) in [7, 11) is 0. The molecule has 1 saturated heterocycles. The Balaban J connectivity index is 1.93. The van der Waals surface area contributed by atoms with Crippen molar-refractivity contribution < 1.29 is 9.47 Å². The van der Waals surface area contributed by atoms with Gasteiger partial charge in [-0.25, -0.2) is 0 Å². The van der Waals surface area contributed by atoms with E-state index in [9.17, 15) is 0 Å². The van der Waals surface area contributed by atoms with Crippen molar-refractivity contribution >= 4 is 0 Å². The Kier molecular flexibility index (Phi) is 3.80. The second-order valence-corrected chi connectivity index (χ2v) is 4.31. The number of rotatable bonds is 3. The number of nitrogens with two attached hydrogens (primary N) is 1.